The van der Waals surface area contributed by atoms with Gasteiger partial charge in [-0.1, -0.05) is 66.7 Å². The lowest BCUT2D eigenvalue weighted by Gasteiger charge is -2.35. The maximum absolute atomic E-state index is 13.4. The molecule has 3 aromatic carbocycles. The lowest BCUT2D eigenvalue weighted by atomic mass is 9.83. The summed E-state index contributed by atoms with van der Waals surface area (Å²) in [7, 11) is 0. The van der Waals surface area contributed by atoms with Crippen molar-refractivity contribution in [3.8, 4) is 0 Å². The van der Waals surface area contributed by atoms with E-state index in [1.54, 1.807) is 6.07 Å². The minimum absolute atomic E-state index is 0.112. The highest BCUT2D eigenvalue weighted by Crippen LogP contribution is 2.34. The molecule has 29 heavy (non-hydrogen) atoms. The molecule has 3 aromatic rings. The Labute approximate surface area is 170 Å². The summed E-state index contributed by atoms with van der Waals surface area (Å²) in [4.78, 5) is 0. The molecule has 0 amide bonds. The second kappa shape index (κ2) is 9.29. The average Bonchev–Trinajstić information content (AvgIpc) is 2.77. The predicted molar refractivity (Wildman–Crippen MR) is 111 cm³/mol. The predicted octanol–water partition coefficient (Wildman–Crippen LogP) is 5.43. The summed E-state index contributed by atoms with van der Waals surface area (Å²) in [6.07, 6.45) is 2.02. The van der Waals surface area contributed by atoms with Crippen molar-refractivity contribution in [1.29, 1.82) is 0 Å². The molecule has 1 fully saturated rings. The van der Waals surface area contributed by atoms with Crippen LogP contribution in [0.15, 0.2) is 78.9 Å². The standard InChI is InChI=1S/C25H25F2NO/c26-22-13-11-18(15-23(22)27)16-28-21-12-14-24(29-17-21)25(19-7-3-1-4-8-19)20-9-5-2-6-10-20/h1-11,13,15,21,24-25,28H,12,14,16-17H2. The van der Waals surface area contributed by atoms with E-state index in [0.717, 1.165) is 18.4 Å². The molecule has 0 saturated carbocycles. The molecule has 1 heterocycles. The zero-order chi connectivity index (χ0) is 20.1. The second-order valence-electron chi connectivity index (χ2n) is 7.57. The van der Waals surface area contributed by atoms with Crippen LogP contribution in [-0.2, 0) is 11.3 Å². The molecule has 1 N–H and O–H groups in total. The normalized spacial score (nSPS) is 19.4. The highest BCUT2D eigenvalue weighted by atomic mass is 19.2. The van der Waals surface area contributed by atoms with Crippen molar-refractivity contribution in [1.82, 2.24) is 5.32 Å². The van der Waals surface area contributed by atoms with Gasteiger partial charge in [-0.2, -0.15) is 0 Å². The minimum atomic E-state index is -0.814. The first kappa shape index (κ1) is 19.7. The van der Waals surface area contributed by atoms with Crippen LogP contribution in [0.3, 0.4) is 0 Å². The zero-order valence-corrected chi connectivity index (χ0v) is 16.2. The molecular weight excluding hydrogens is 368 g/mol. The maximum Gasteiger partial charge on any atom is 0.159 e. The summed E-state index contributed by atoms with van der Waals surface area (Å²) >= 11 is 0. The van der Waals surface area contributed by atoms with Crippen LogP contribution in [-0.4, -0.2) is 18.8 Å². The van der Waals surface area contributed by atoms with Crippen LogP contribution in [0, 0.1) is 11.6 Å². The highest BCUT2D eigenvalue weighted by molar-refractivity contribution is 5.34. The van der Waals surface area contributed by atoms with Crippen LogP contribution in [0.5, 0.6) is 0 Å². The lowest BCUT2D eigenvalue weighted by molar-refractivity contribution is -0.0116. The average molecular weight is 393 g/mol. The fourth-order valence-electron chi connectivity index (χ4n) is 4.05. The first-order chi connectivity index (χ1) is 14.2. The molecule has 1 aliphatic rings. The maximum atomic E-state index is 13.4. The quantitative estimate of drug-likeness (QED) is 0.603. The number of benzene rings is 3. The lowest BCUT2D eigenvalue weighted by Crippen LogP contribution is -2.41. The molecule has 0 radical (unpaired) electrons. The van der Waals surface area contributed by atoms with E-state index < -0.39 is 11.6 Å². The first-order valence-electron chi connectivity index (χ1n) is 10.1. The summed E-state index contributed by atoms with van der Waals surface area (Å²) in [5.41, 5.74) is 3.26. The number of hydrogen-bond donors (Lipinski definition) is 1. The van der Waals surface area contributed by atoms with Gasteiger partial charge in [-0.05, 0) is 41.7 Å². The molecule has 150 valence electrons. The number of halogens is 2. The van der Waals surface area contributed by atoms with E-state index >= 15 is 0 Å². The Morgan fingerprint density at radius 3 is 2.03 bits per heavy atom. The van der Waals surface area contributed by atoms with Crippen LogP contribution in [0.1, 0.15) is 35.4 Å². The topological polar surface area (TPSA) is 21.3 Å². The van der Waals surface area contributed by atoms with Gasteiger partial charge in [0.25, 0.3) is 0 Å². The molecule has 2 nitrogen and oxygen atoms in total. The van der Waals surface area contributed by atoms with Crippen molar-refractivity contribution in [3.63, 3.8) is 0 Å². The van der Waals surface area contributed by atoms with Crippen molar-refractivity contribution in [2.45, 2.75) is 37.5 Å². The Morgan fingerprint density at radius 1 is 0.828 bits per heavy atom. The second-order valence-corrected chi connectivity index (χ2v) is 7.57. The SMILES string of the molecule is Fc1ccc(CNC2CCC(C(c3ccccc3)c3ccccc3)OC2)cc1F. The van der Waals surface area contributed by atoms with Gasteiger partial charge in [0.1, 0.15) is 0 Å². The van der Waals surface area contributed by atoms with Gasteiger partial charge < -0.3 is 10.1 Å². The van der Waals surface area contributed by atoms with Crippen molar-refractivity contribution in [2.75, 3.05) is 6.61 Å². The molecular formula is C25H25F2NO. The van der Waals surface area contributed by atoms with E-state index in [0.29, 0.717) is 13.2 Å². The van der Waals surface area contributed by atoms with Crippen LogP contribution < -0.4 is 5.32 Å². The largest absolute Gasteiger partial charge is 0.376 e. The Bertz CT molecular complexity index is 869. The molecule has 2 atom stereocenters. The number of nitrogens with one attached hydrogen (secondary N) is 1. The van der Waals surface area contributed by atoms with Gasteiger partial charge in [0.2, 0.25) is 0 Å². The molecule has 0 aromatic heterocycles. The summed E-state index contributed by atoms with van der Waals surface area (Å²) in [6.45, 7) is 1.10. The van der Waals surface area contributed by atoms with Gasteiger partial charge in [-0.3, -0.25) is 0 Å². The summed E-state index contributed by atoms with van der Waals surface area (Å²) in [5, 5.41) is 3.41. The molecule has 4 rings (SSSR count). The summed E-state index contributed by atoms with van der Waals surface area (Å²) in [6, 6.07) is 25.2. The summed E-state index contributed by atoms with van der Waals surface area (Å²) in [5.74, 6) is -1.42. The van der Waals surface area contributed by atoms with Gasteiger partial charge in [0.15, 0.2) is 11.6 Å². The third-order valence-electron chi connectivity index (χ3n) is 5.58. The number of hydrogen-bond acceptors (Lipinski definition) is 2. The van der Waals surface area contributed by atoms with Crippen molar-refractivity contribution < 1.29 is 13.5 Å². The number of ether oxygens (including phenoxy) is 1. The van der Waals surface area contributed by atoms with Gasteiger partial charge in [-0.25, -0.2) is 8.78 Å². The van der Waals surface area contributed by atoms with Gasteiger partial charge in [0, 0.05) is 18.5 Å². The molecule has 0 aliphatic carbocycles. The van der Waals surface area contributed by atoms with E-state index in [9.17, 15) is 8.78 Å². The molecule has 0 spiro atoms. The fraction of sp³-hybridized carbons (Fsp3) is 0.280. The van der Waals surface area contributed by atoms with Gasteiger partial charge >= 0.3 is 0 Å². The monoisotopic (exact) mass is 393 g/mol. The summed E-state index contributed by atoms with van der Waals surface area (Å²) < 4.78 is 32.8. The van der Waals surface area contributed by atoms with Crippen molar-refractivity contribution in [2.24, 2.45) is 0 Å². The van der Waals surface area contributed by atoms with Crippen LogP contribution >= 0.6 is 0 Å². The zero-order valence-electron chi connectivity index (χ0n) is 16.2. The smallest absolute Gasteiger partial charge is 0.159 e. The number of rotatable bonds is 6. The molecule has 2 unspecified atom stereocenters. The third-order valence-corrected chi connectivity index (χ3v) is 5.58. The van der Waals surface area contributed by atoms with Crippen LogP contribution in [0.25, 0.3) is 0 Å². The minimum Gasteiger partial charge on any atom is -0.376 e. The molecule has 1 saturated heterocycles. The highest BCUT2D eigenvalue weighted by Gasteiger charge is 2.30. The van der Waals surface area contributed by atoms with Crippen molar-refractivity contribution >= 4 is 0 Å². The Kier molecular flexibility index (Phi) is 6.33. The molecule has 1 aliphatic heterocycles. The van der Waals surface area contributed by atoms with E-state index in [-0.39, 0.29) is 18.1 Å². The molecule has 4 heteroatoms. The Morgan fingerprint density at radius 2 is 1.48 bits per heavy atom. The van der Waals surface area contributed by atoms with Crippen LogP contribution in [0.4, 0.5) is 8.78 Å². The van der Waals surface area contributed by atoms with E-state index in [1.165, 1.54) is 23.3 Å². The molecule has 0 bridgehead atoms. The first-order valence-corrected chi connectivity index (χ1v) is 10.1. The Hall–Kier alpha value is -2.56. The van der Waals surface area contributed by atoms with Gasteiger partial charge in [0.05, 0.1) is 12.7 Å². The van der Waals surface area contributed by atoms with E-state index in [2.05, 4.69) is 53.8 Å². The fourth-order valence-corrected chi connectivity index (χ4v) is 4.05. The van der Waals surface area contributed by atoms with E-state index in [1.807, 2.05) is 12.1 Å². The van der Waals surface area contributed by atoms with Crippen LogP contribution in [0.2, 0.25) is 0 Å². The Balaban J connectivity index is 1.39. The van der Waals surface area contributed by atoms with E-state index in [4.69, 9.17) is 4.74 Å². The van der Waals surface area contributed by atoms with Gasteiger partial charge in [-0.15, -0.1) is 0 Å². The van der Waals surface area contributed by atoms with Crippen molar-refractivity contribution in [3.05, 3.63) is 107 Å². The third kappa shape index (κ3) is 4.89.